The summed E-state index contributed by atoms with van der Waals surface area (Å²) in [4.78, 5) is 19.8. The molecule has 0 aliphatic carbocycles. The van der Waals surface area contributed by atoms with Gasteiger partial charge in [-0.3, -0.25) is 10.2 Å². The fraction of sp³-hybridized carbons (Fsp3) is 0.111. The Balaban J connectivity index is 2.01. The number of hydrogen-bond acceptors (Lipinski definition) is 4. The van der Waals surface area contributed by atoms with E-state index in [1.54, 1.807) is 0 Å². The summed E-state index contributed by atoms with van der Waals surface area (Å²) in [6.07, 6.45) is 0. The number of fused-ring (bicyclic) bond motifs is 5. The van der Waals surface area contributed by atoms with Crippen molar-refractivity contribution in [2.24, 2.45) is 5.84 Å². The van der Waals surface area contributed by atoms with Crippen LogP contribution in [0.2, 0.25) is 0 Å². The summed E-state index contributed by atoms with van der Waals surface area (Å²) in [5.74, 6) is 5.19. The van der Waals surface area contributed by atoms with Crippen LogP contribution in [0.1, 0.15) is 5.56 Å². The fourth-order valence-corrected chi connectivity index (χ4v) is 3.78. The van der Waals surface area contributed by atoms with Gasteiger partial charge in [-0.15, -0.1) is 0 Å². The minimum atomic E-state index is -0.222. The molecule has 5 nitrogen and oxygen atoms in total. The fourth-order valence-electron chi connectivity index (χ4n) is 2.94. The van der Waals surface area contributed by atoms with E-state index in [9.17, 15) is 4.79 Å². The molecular formula is C18H16N4OS. The largest absolute Gasteiger partial charge is 0.353 e. The van der Waals surface area contributed by atoms with E-state index in [1.165, 1.54) is 17.3 Å². The molecule has 0 aliphatic heterocycles. The van der Waals surface area contributed by atoms with Crippen molar-refractivity contribution in [2.75, 3.05) is 5.75 Å². The topological polar surface area (TPSA) is 83.8 Å². The Kier molecular flexibility index (Phi) is 3.63. The van der Waals surface area contributed by atoms with Crippen LogP contribution in [0, 0.1) is 6.92 Å². The van der Waals surface area contributed by atoms with Gasteiger partial charge in [0.15, 0.2) is 0 Å². The lowest BCUT2D eigenvalue weighted by atomic mass is 10.1. The highest BCUT2D eigenvalue weighted by atomic mass is 32.2. The third-order valence-electron chi connectivity index (χ3n) is 4.07. The van der Waals surface area contributed by atoms with Crippen molar-refractivity contribution in [3.63, 3.8) is 0 Å². The first kappa shape index (κ1) is 15.0. The number of aryl methyl sites for hydroxylation is 1. The number of H-pyrrole nitrogens is 1. The van der Waals surface area contributed by atoms with Gasteiger partial charge in [-0.25, -0.2) is 10.8 Å². The molecule has 4 N–H and O–H groups in total. The second-order valence-corrected chi connectivity index (χ2v) is 6.68. The van der Waals surface area contributed by atoms with E-state index in [1.807, 2.05) is 18.2 Å². The normalized spacial score (nSPS) is 11.4. The molecule has 0 saturated carbocycles. The Morgan fingerprint density at radius 3 is 2.79 bits per heavy atom. The Bertz CT molecular complexity index is 1090. The number of aromatic nitrogens is 2. The van der Waals surface area contributed by atoms with Crippen molar-refractivity contribution >= 4 is 50.4 Å². The van der Waals surface area contributed by atoms with Gasteiger partial charge in [0.25, 0.3) is 0 Å². The first-order valence-corrected chi connectivity index (χ1v) is 8.59. The van der Waals surface area contributed by atoms with Gasteiger partial charge in [0.2, 0.25) is 5.91 Å². The SMILES string of the molecule is Cc1ccc2[nH]c3c4ccccc4c(SCC(=O)NN)nc3c2c1. The molecule has 1 amide bonds. The molecule has 0 unspecified atom stereocenters. The maximum Gasteiger partial charge on any atom is 0.244 e. The first-order valence-electron chi connectivity index (χ1n) is 7.60. The molecule has 2 aromatic heterocycles. The van der Waals surface area contributed by atoms with Crippen LogP contribution in [0.3, 0.4) is 0 Å². The number of aromatic amines is 1. The molecule has 0 radical (unpaired) electrons. The van der Waals surface area contributed by atoms with Crippen LogP contribution in [0.5, 0.6) is 0 Å². The van der Waals surface area contributed by atoms with E-state index >= 15 is 0 Å². The number of pyridine rings is 1. The van der Waals surface area contributed by atoms with E-state index < -0.39 is 0 Å². The molecule has 2 heterocycles. The minimum absolute atomic E-state index is 0.222. The first-order chi connectivity index (χ1) is 11.7. The smallest absolute Gasteiger partial charge is 0.244 e. The lowest BCUT2D eigenvalue weighted by Gasteiger charge is -2.07. The van der Waals surface area contributed by atoms with Crippen LogP contribution in [-0.2, 0) is 4.79 Å². The maximum absolute atomic E-state index is 11.5. The van der Waals surface area contributed by atoms with Gasteiger partial charge in [-0.2, -0.15) is 0 Å². The molecule has 6 heteroatoms. The van der Waals surface area contributed by atoms with Crippen LogP contribution in [-0.4, -0.2) is 21.6 Å². The zero-order chi connectivity index (χ0) is 16.7. The highest BCUT2D eigenvalue weighted by Crippen LogP contribution is 2.35. The molecule has 120 valence electrons. The van der Waals surface area contributed by atoms with Crippen LogP contribution in [0.4, 0.5) is 0 Å². The highest BCUT2D eigenvalue weighted by Gasteiger charge is 2.14. The summed E-state index contributed by atoms with van der Waals surface area (Å²) in [7, 11) is 0. The number of thioether (sulfide) groups is 1. The highest BCUT2D eigenvalue weighted by molar-refractivity contribution is 8.00. The van der Waals surface area contributed by atoms with Crippen molar-refractivity contribution in [2.45, 2.75) is 11.9 Å². The average Bonchev–Trinajstić information content (AvgIpc) is 2.97. The van der Waals surface area contributed by atoms with Crippen LogP contribution in [0.15, 0.2) is 47.5 Å². The van der Waals surface area contributed by atoms with Gasteiger partial charge in [-0.1, -0.05) is 47.7 Å². The van der Waals surface area contributed by atoms with E-state index in [4.69, 9.17) is 10.8 Å². The summed E-state index contributed by atoms with van der Waals surface area (Å²) >= 11 is 1.40. The number of hydrazine groups is 1. The number of hydrogen-bond donors (Lipinski definition) is 3. The zero-order valence-corrected chi connectivity index (χ0v) is 13.9. The van der Waals surface area contributed by atoms with Crippen LogP contribution < -0.4 is 11.3 Å². The molecule has 4 aromatic rings. The molecule has 4 rings (SSSR count). The molecule has 0 bridgehead atoms. The lowest BCUT2D eigenvalue weighted by Crippen LogP contribution is -2.31. The number of carbonyl (C=O) groups is 1. The average molecular weight is 336 g/mol. The number of nitrogens with two attached hydrogens (primary N) is 1. The van der Waals surface area contributed by atoms with Crippen molar-refractivity contribution in [1.82, 2.24) is 15.4 Å². The summed E-state index contributed by atoms with van der Waals surface area (Å²) in [6.45, 7) is 2.07. The number of nitrogens with zero attached hydrogens (tertiary/aromatic N) is 1. The van der Waals surface area contributed by atoms with E-state index in [2.05, 4.69) is 41.6 Å². The molecule has 0 aliphatic rings. The van der Waals surface area contributed by atoms with Gasteiger partial charge in [0.05, 0.1) is 16.8 Å². The molecule has 2 aromatic carbocycles. The van der Waals surface area contributed by atoms with E-state index in [0.29, 0.717) is 0 Å². The molecule has 24 heavy (non-hydrogen) atoms. The van der Waals surface area contributed by atoms with Gasteiger partial charge >= 0.3 is 0 Å². The van der Waals surface area contributed by atoms with Crippen molar-refractivity contribution in [3.8, 4) is 0 Å². The van der Waals surface area contributed by atoms with Crippen LogP contribution in [0.25, 0.3) is 32.7 Å². The van der Waals surface area contributed by atoms with Crippen molar-refractivity contribution < 1.29 is 4.79 Å². The predicted octanol–water partition coefficient (Wildman–Crippen LogP) is 3.26. The molecule has 0 saturated heterocycles. The number of amides is 1. The maximum atomic E-state index is 11.5. The standard InChI is InChI=1S/C18H16N4OS/c1-10-6-7-14-13(8-10)17-16(20-14)11-4-2-3-5-12(11)18(21-17)24-9-15(23)22-19/h2-8,20H,9,19H2,1H3,(H,22,23). The third-order valence-corrected chi connectivity index (χ3v) is 5.06. The predicted molar refractivity (Wildman–Crippen MR) is 98.9 cm³/mol. The second kappa shape index (κ2) is 5.81. The zero-order valence-electron chi connectivity index (χ0n) is 13.1. The Morgan fingerprint density at radius 2 is 2.00 bits per heavy atom. The summed E-state index contributed by atoms with van der Waals surface area (Å²) in [5.41, 5.74) is 6.37. The van der Waals surface area contributed by atoms with E-state index in [-0.39, 0.29) is 11.7 Å². The van der Waals surface area contributed by atoms with Gasteiger partial charge < -0.3 is 4.98 Å². The van der Waals surface area contributed by atoms with Gasteiger partial charge in [0, 0.05) is 21.7 Å². The number of benzene rings is 2. The molecular weight excluding hydrogens is 320 g/mol. The third kappa shape index (κ3) is 2.40. The van der Waals surface area contributed by atoms with Crippen molar-refractivity contribution in [3.05, 3.63) is 48.0 Å². The van der Waals surface area contributed by atoms with Gasteiger partial charge in [0.1, 0.15) is 5.03 Å². The van der Waals surface area contributed by atoms with Crippen LogP contribution >= 0.6 is 11.8 Å². The minimum Gasteiger partial charge on any atom is -0.353 e. The summed E-state index contributed by atoms with van der Waals surface area (Å²) in [5, 5.41) is 4.07. The lowest BCUT2D eigenvalue weighted by molar-refractivity contribution is -0.118. The Labute approximate surface area is 142 Å². The molecule has 0 atom stereocenters. The summed E-state index contributed by atoms with van der Waals surface area (Å²) < 4.78 is 0. The second-order valence-electron chi connectivity index (χ2n) is 5.72. The quantitative estimate of drug-likeness (QED) is 0.232. The monoisotopic (exact) mass is 336 g/mol. The Hall–Kier alpha value is -2.57. The number of carbonyl (C=O) groups excluding carboxylic acids is 1. The number of rotatable bonds is 3. The Morgan fingerprint density at radius 1 is 1.21 bits per heavy atom. The van der Waals surface area contributed by atoms with Crippen molar-refractivity contribution in [1.29, 1.82) is 0 Å². The molecule has 0 fully saturated rings. The van der Waals surface area contributed by atoms with Gasteiger partial charge in [-0.05, 0) is 19.1 Å². The number of nitrogens with one attached hydrogen (secondary N) is 2. The molecule has 0 spiro atoms. The van der Waals surface area contributed by atoms with E-state index in [0.717, 1.165) is 37.7 Å². The summed E-state index contributed by atoms with van der Waals surface area (Å²) in [6, 6.07) is 14.4.